The van der Waals surface area contributed by atoms with E-state index in [1.807, 2.05) is 18.2 Å². The monoisotopic (exact) mass is 323 g/mol. The van der Waals surface area contributed by atoms with Gasteiger partial charge in [-0.2, -0.15) is 0 Å². The first kappa shape index (κ1) is 15.5. The zero-order chi connectivity index (χ0) is 16.8. The molecule has 2 N–H and O–H groups in total. The molecule has 7 heteroatoms. The molecule has 0 atom stereocenters. The molecule has 0 aliphatic carbocycles. The third kappa shape index (κ3) is 4.10. The molecule has 6 nitrogen and oxygen atoms in total. The summed E-state index contributed by atoms with van der Waals surface area (Å²) < 4.78 is 12.8. The summed E-state index contributed by atoms with van der Waals surface area (Å²) in [7, 11) is 0. The number of anilines is 2. The minimum Gasteiger partial charge on any atom is -0.363 e. The molecule has 0 saturated heterocycles. The van der Waals surface area contributed by atoms with Gasteiger partial charge in [-0.05, 0) is 36.4 Å². The van der Waals surface area contributed by atoms with E-state index in [0.29, 0.717) is 18.1 Å². The van der Waals surface area contributed by atoms with E-state index < -0.39 is 5.91 Å². The highest BCUT2D eigenvalue weighted by atomic mass is 19.1. The maximum atomic E-state index is 12.8. The topological polar surface area (TPSA) is 79.8 Å². The number of amides is 1. The van der Waals surface area contributed by atoms with Gasteiger partial charge in [0.1, 0.15) is 17.3 Å². The Kier molecular flexibility index (Phi) is 4.71. The molecule has 0 spiro atoms. The van der Waals surface area contributed by atoms with Crippen LogP contribution in [-0.4, -0.2) is 20.9 Å². The molecule has 2 heterocycles. The summed E-state index contributed by atoms with van der Waals surface area (Å²) in [5.74, 6) is -0.236. The Morgan fingerprint density at radius 2 is 1.83 bits per heavy atom. The standard InChI is InChI=1S/C17H14FN5O/c18-12-4-6-13(7-5-12)23-17(24)15-10-22-16(11-20-15)21-9-14-3-1-2-8-19-14/h1-8,10-11H,9H2,(H,21,22)(H,23,24). The van der Waals surface area contributed by atoms with Crippen LogP contribution in [0.1, 0.15) is 16.2 Å². The van der Waals surface area contributed by atoms with E-state index in [1.165, 1.54) is 36.7 Å². The van der Waals surface area contributed by atoms with Crippen molar-refractivity contribution in [2.75, 3.05) is 10.6 Å². The molecule has 3 aromatic rings. The molecule has 0 bridgehead atoms. The lowest BCUT2D eigenvalue weighted by Crippen LogP contribution is -2.14. The maximum Gasteiger partial charge on any atom is 0.275 e. The molecule has 1 amide bonds. The van der Waals surface area contributed by atoms with Crippen LogP contribution >= 0.6 is 0 Å². The Morgan fingerprint density at radius 1 is 1.00 bits per heavy atom. The minimum absolute atomic E-state index is 0.169. The zero-order valence-corrected chi connectivity index (χ0v) is 12.6. The van der Waals surface area contributed by atoms with E-state index in [0.717, 1.165) is 5.69 Å². The summed E-state index contributed by atoms with van der Waals surface area (Å²) in [4.78, 5) is 24.5. The Hall–Kier alpha value is -3.35. The van der Waals surface area contributed by atoms with Gasteiger partial charge < -0.3 is 10.6 Å². The second-order valence-corrected chi connectivity index (χ2v) is 4.92. The van der Waals surface area contributed by atoms with Gasteiger partial charge in [0.05, 0.1) is 24.6 Å². The van der Waals surface area contributed by atoms with Crippen molar-refractivity contribution < 1.29 is 9.18 Å². The summed E-state index contributed by atoms with van der Waals surface area (Å²) in [6.45, 7) is 0.511. The molecule has 0 aliphatic heterocycles. The number of halogens is 1. The predicted molar refractivity (Wildman–Crippen MR) is 87.9 cm³/mol. The van der Waals surface area contributed by atoms with Crippen LogP contribution in [0.25, 0.3) is 0 Å². The van der Waals surface area contributed by atoms with Crippen LogP contribution in [0, 0.1) is 5.82 Å². The molecule has 2 aromatic heterocycles. The molecular formula is C17H14FN5O. The summed E-state index contributed by atoms with van der Waals surface area (Å²) >= 11 is 0. The van der Waals surface area contributed by atoms with Gasteiger partial charge >= 0.3 is 0 Å². The Bertz CT molecular complexity index is 807. The predicted octanol–water partition coefficient (Wildman–Crippen LogP) is 2.88. The first-order chi connectivity index (χ1) is 11.7. The lowest BCUT2D eigenvalue weighted by atomic mass is 10.3. The minimum atomic E-state index is -0.412. The largest absolute Gasteiger partial charge is 0.363 e. The van der Waals surface area contributed by atoms with E-state index in [-0.39, 0.29) is 11.5 Å². The van der Waals surface area contributed by atoms with Gasteiger partial charge in [0.15, 0.2) is 0 Å². The summed E-state index contributed by atoms with van der Waals surface area (Å²) in [6.07, 6.45) is 4.56. The lowest BCUT2D eigenvalue weighted by Gasteiger charge is -2.06. The van der Waals surface area contributed by atoms with Crippen molar-refractivity contribution in [3.8, 4) is 0 Å². The van der Waals surface area contributed by atoms with Crippen molar-refractivity contribution in [2.45, 2.75) is 6.54 Å². The number of rotatable bonds is 5. The second kappa shape index (κ2) is 7.28. The van der Waals surface area contributed by atoms with Crippen LogP contribution in [-0.2, 0) is 6.54 Å². The van der Waals surface area contributed by atoms with Crippen LogP contribution < -0.4 is 10.6 Å². The third-order valence-corrected chi connectivity index (χ3v) is 3.16. The number of carbonyl (C=O) groups is 1. The molecule has 0 aliphatic rings. The van der Waals surface area contributed by atoms with Crippen LogP contribution in [0.4, 0.5) is 15.9 Å². The van der Waals surface area contributed by atoms with E-state index in [4.69, 9.17) is 0 Å². The van der Waals surface area contributed by atoms with Gasteiger partial charge in [0.25, 0.3) is 5.91 Å². The number of hydrogen-bond donors (Lipinski definition) is 2. The maximum absolute atomic E-state index is 12.8. The molecule has 0 radical (unpaired) electrons. The Labute approximate surface area is 137 Å². The molecule has 24 heavy (non-hydrogen) atoms. The molecule has 120 valence electrons. The number of nitrogens with one attached hydrogen (secondary N) is 2. The first-order valence-electron chi connectivity index (χ1n) is 7.23. The highest BCUT2D eigenvalue weighted by Crippen LogP contribution is 2.10. The number of nitrogens with zero attached hydrogens (tertiary/aromatic N) is 3. The van der Waals surface area contributed by atoms with E-state index in [2.05, 4.69) is 25.6 Å². The fourth-order valence-corrected chi connectivity index (χ4v) is 1.95. The Balaban J connectivity index is 1.59. The van der Waals surface area contributed by atoms with Gasteiger partial charge in [-0.25, -0.2) is 14.4 Å². The van der Waals surface area contributed by atoms with Gasteiger partial charge in [-0.3, -0.25) is 9.78 Å². The average Bonchev–Trinajstić information content (AvgIpc) is 2.63. The smallest absolute Gasteiger partial charge is 0.275 e. The zero-order valence-electron chi connectivity index (χ0n) is 12.6. The molecule has 0 fully saturated rings. The third-order valence-electron chi connectivity index (χ3n) is 3.16. The van der Waals surface area contributed by atoms with Crippen LogP contribution in [0.15, 0.2) is 61.1 Å². The van der Waals surface area contributed by atoms with E-state index in [9.17, 15) is 9.18 Å². The number of hydrogen-bond acceptors (Lipinski definition) is 5. The van der Waals surface area contributed by atoms with Gasteiger partial charge in [-0.1, -0.05) is 6.07 Å². The van der Waals surface area contributed by atoms with Crippen LogP contribution in [0.3, 0.4) is 0 Å². The molecular weight excluding hydrogens is 309 g/mol. The van der Waals surface area contributed by atoms with Crippen molar-refractivity contribution in [1.82, 2.24) is 15.0 Å². The number of benzene rings is 1. The van der Waals surface area contributed by atoms with Crippen LogP contribution in [0.5, 0.6) is 0 Å². The molecule has 3 rings (SSSR count). The SMILES string of the molecule is O=C(Nc1ccc(F)cc1)c1cnc(NCc2ccccn2)cn1. The highest BCUT2D eigenvalue weighted by molar-refractivity contribution is 6.02. The average molecular weight is 323 g/mol. The van der Waals surface area contributed by atoms with Crippen molar-refractivity contribution in [3.05, 3.63) is 78.3 Å². The Morgan fingerprint density at radius 3 is 2.50 bits per heavy atom. The number of aromatic nitrogens is 3. The molecule has 0 saturated carbocycles. The van der Waals surface area contributed by atoms with Gasteiger partial charge in [0, 0.05) is 11.9 Å². The number of pyridine rings is 1. The number of carbonyl (C=O) groups excluding carboxylic acids is 1. The molecule has 1 aromatic carbocycles. The van der Waals surface area contributed by atoms with E-state index >= 15 is 0 Å². The fraction of sp³-hybridized carbons (Fsp3) is 0.0588. The van der Waals surface area contributed by atoms with Crippen molar-refractivity contribution in [3.63, 3.8) is 0 Å². The highest BCUT2D eigenvalue weighted by Gasteiger charge is 2.08. The second-order valence-electron chi connectivity index (χ2n) is 4.92. The first-order valence-corrected chi connectivity index (χ1v) is 7.23. The summed E-state index contributed by atoms with van der Waals surface area (Å²) in [5.41, 5.74) is 1.53. The van der Waals surface area contributed by atoms with Gasteiger partial charge in [-0.15, -0.1) is 0 Å². The summed E-state index contributed by atoms with van der Waals surface area (Å²) in [5, 5.41) is 5.70. The van der Waals surface area contributed by atoms with Crippen molar-refractivity contribution in [2.24, 2.45) is 0 Å². The van der Waals surface area contributed by atoms with Crippen molar-refractivity contribution in [1.29, 1.82) is 0 Å². The van der Waals surface area contributed by atoms with Crippen molar-refractivity contribution >= 4 is 17.4 Å². The van der Waals surface area contributed by atoms with E-state index in [1.54, 1.807) is 6.20 Å². The normalized spacial score (nSPS) is 10.2. The molecule has 0 unspecified atom stereocenters. The fourth-order valence-electron chi connectivity index (χ4n) is 1.95. The van der Waals surface area contributed by atoms with Gasteiger partial charge in [0.2, 0.25) is 0 Å². The summed E-state index contributed by atoms with van der Waals surface area (Å²) in [6, 6.07) is 11.1. The quantitative estimate of drug-likeness (QED) is 0.755. The van der Waals surface area contributed by atoms with Crippen LogP contribution in [0.2, 0.25) is 0 Å². The lowest BCUT2D eigenvalue weighted by molar-refractivity contribution is 0.102.